The normalized spacial score (nSPS) is 11.6. The van der Waals surface area contributed by atoms with E-state index in [0.717, 1.165) is 12.8 Å². The van der Waals surface area contributed by atoms with Gasteiger partial charge in [-0.2, -0.15) is 0 Å². The molecular formula is C28H46O2. The second-order valence-corrected chi connectivity index (χ2v) is 8.54. The third kappa shape index (κ3) is 14.4. The molecule has 0 aliphatic rings. The Hall–Kier alpha value is -1.57. The van der Waals surface area contributed by atoms with Crippen molar-refractivity contribution in [2.24, 2.45) is 0 Å². The van der Waals surface area contributed by atoms with Gasteiger partial charge in [0.25, 0.3) is 0 Å². The van der Waals surface area contributed by atoms with Crippen LogP contribution in [-0.4, -0.2) is 12.6 Å². The number of hydrogen-bond acceptors (Lipinski definition) is 2. The van der Waals surface area contributed by atoms with E-state index in [4.69, 9.17) is 4.74 Å². The summed E-state index contributed by atoms with van der Waals surface area (Å²) in [5.74, 6) is -0.207. The van der Waals surface area contributed by atoms with Gasteiger partial charge in [-0.05, 0) is 37.8 Å². The van der Waals surface area contributed by atoms with E-state index in [1.807, 2.05) is 30.3 Å². The molecule has 0 saturated heterocycles. The Bertz CT molecular complexity index is 547. The Morgan fingerprint density at radius 2 is 1.30 bits per heavy atom. The molecule has 0 radical (unpaired) electrons. The van der Waals surface area contributed by atoms with Gasteiger partial charge >= 0.3 is 5.97 Å². The molecule has 30 heavy (non-hydrogen) atoms. The van der Waals surface area contributed by atoms with E-state index >= 15 is 0 Å². The average molecular weight is 415 g/mol. The van der Waals surface area contributed by atoms with Gasteiger partial charge in [-0.15, -0.1) is 0 Å². The summed E-state index contributed by atoms with van der Waals surface area (Å²) in [4.78, 5) is 12.2. The summed E-state index contributed by atoms with van der Waals surface area (Å²) in [5.41, 5.74) is 2.12. The number of hydrogen-bond donors (Lipinski definition) is 0. The van der Waals surface area contributed by atoms with Crippen LogP contribution >= 0.6 is 0 Å². The van der Waals surface area contributed by atoms with Gasteiger partial charge in [-0.1, -0.05) is 114 Å². The molecule has 0 fully saturated rings. The first-order valence-corrected chi connectivity index (χ1v) is 12.7. The van der Waals surface area contributed by atoms with Crippen molar-refractivity contribution in [2.75, 3.05) is 6.61 Å². The first-order chi connectivity index (χ1) is 14.8. The van der Waals surface area contributed by atoms with Crippen LogP contribution in [0.3, 0.4) is 0 Å². The lowest BCUT2D eigenvalue weighted by Gasteiger charge is -2.10. The van der Waals surface area contributed by atoms with Crippen molar-refractivity contribution < 1.29 is 9.53 Å². The van der Waals surface area contributed by atoms with Gasteiger partial charge in [0.1, 0.15) is 0 Å². The molecular weight excluding hydrogens is 368 g/mol. The van der Waals surface area contributed by atoms with E-state index < -0.39 is 0 Å². The lowest BCUT2D eigenvalue weighted by Crippen LogP contribution is -2.07. The lowest BCUT2D eigenvalue weighted by molar-refractivity contribution is 0.0508. The van der Waals surface area contributed by atoms with E-state index in [1.165, 1.54) is 95.5 Å². The number of unbranched alkanes of at least 4 members (excludes halogenated alkanes) is 12. The standard InChI is InChI=1S/C28H46O2/c1-3-5-7-9-11-12-14-17-21-26(20-16-13-10-8-6-4-2)24-25-30-28(29)27-22-18-15-19-23-27/h15,18-20,22-23H,3-14,16-17,21,24-25H2,1-2H3. The highest BCUT2D eigenvalue weighted by Gasteiger charge is 2.07. The Morgan fingerprint density at radius 3 is 1.93 bits per heavy atom. The van der Waals surface area contributed by atoms with Gasteiger partial charge in [0, 0.05) is 6.42 Å². The van der Waals surface area contributed by atoms with Crippen LogP contribution in [-0.2, 0) is 4.74 Å². The smallest absolute Gasteiger partial charge is 0.338 e. The minimum absolute atomic E-state index is 0.207. The van der Waals surface area contributed by atoms with Gasteiger partial charge < -0.3 is 4.74 Å². The van der Waals surface area contributed by atoms with Crippen molar-refractivity contribution in [3.63, 3.8) is 0 Å². The highest BCUT2D eigenvalue weighted by Crippen LogP contribution is 2.18. The van der Waals surface area contributed by atoms with Crippen molar-refractivity contribution in [1.82, 2.24) is 0 Å². The summed E-state index contributed by atoms with van der Waals surface area (Å²) in [6.45, 7) is 5.03. The van der Waals surface area contributed by atoms with E-state index in [-0.39, 0.29) is 5.97 Å². The lowest BCUT2D eigenvalue weighted by atomic mass is 10.0. The minimum atomic E-state index is -0.207. The molecule has 0 atom stereocenters. The average Bonchev–Trinajstić information content (AvgIpc) is 2.77. The van der Waals surface area contributed by atoms with E-state index in [1.54, 1.807) is 0 Å². The maximum Gasteiger partial charge on any atom is 0.338 e. The molecule has 0 heterocycles. The predicted octanol–water partition coefficient (Wildman–Crippen LogP) is 9.05. The van der Waals surface area contributed by atoms with E-state index in [9.17, 15) is 4.79 Å². The van der Waals surface area contributed by atoms with Crippen LogP contribution < -0.4 is 0 Å². The highest BCUT2D eigenvalue weighted by atomic mass is 16.5. The fourth-order valence-corrected chi connectivity index (χ4v) is 3.80. The third-order valence-electron chi connectivity index (χ3n) is 5.76. The van der Waals surface area contributed by atoms with Crippen molar-refractivity contribution >= 4 is 5.97 Å². The molecule has 0 aromatic heterocycles. The zero-order chi connectivity index (χ0) is 21.7. The molecule has 2 heteroatoms. The van der Waals surface area contributed by atoms with Crippen LogP contribution in [0, 0.1) is 0 Å². The fourth-order valence-electron chi connectivity index (χ4n) is 3.80. The molecule has 0 aliphatic heterocycles. The SMILES string of the molecule is CCCCCCCC=C(CCCCCCCCCC)CCOC(=O)c1ccccc1. The third-order valence-corrected chi connectivity index (χ3v) is 5.76. The second-order valence-electron chi connectivity index (χ2n) is 8.54. The number of carbonyl (C=O) groups is 1. The summed E-state index contributed by atoms with van der Waals surface area (Å²) < 4.78 is 5.52. The van der Waals surface area contributed by atoms with Crippen molar-refractivity contribution in [2.45, 2.75) is 117 Å². The van der Waals surface area contributed by atoms with Gasteiger partial charge in [0.05, 0.1) is 12.2 Å². The van der Waals surface area contributed by atoms with Crippen LogP contribution in [0.4, 0.5) is 0 Å². The van der Waals surface area contributed by atoms with Crippen molar-refractivity contribution in [3.05, 3.63) is 47.5 Å². The van der Waals surface area contributed by atoms with E-state index in [0.29, 0.717) is 12.2 Å². The maximum atomic E-state index is 12.2. The van der Waals surface area contributed by atoms with Crippen molar-refractivity contribution in [1.29, 1.82) is 0 Å². The maximum absolute atomic E-state index is 12.2. The van der Waals surface area contributed by atoms with Crippen LogP contribution in [0.15, 0.2) is 42.0 Å². The van der Waals surface area contributed by atoms with Crippen LogP contribution in [0.1, 0.15) is 127 Å². The molecule has 0 unspecified atom stereocenters. The first kappa shape index (κ1) is 26.5. The molecule has 1 aromatic carbocycles. The fraction of sp³-hybridized carbons (Fsp3) is 0.679. The molecule has 0 aliphatic carbocycles. The molecule has 0 amide bonds. The zero-order valence-electron chi connectivity index (χ0n) is 19.8. The van der Waals surface area contributed by atoms with Crippen LogP contribution in [0.25, 0.3) is 0 Å². The van der Waals surface area contributed by atoms with Gasteiger partial charge in [-0.3, -0.25) is 0 Å². The number of benzene rings is 1. The monoisotopic (exact) mass is 414 g/mol. The molecule has 170 valence electrons. The molecule has 1 rings (SSSR count). The molecule has 0 N–H and O–H groups in total. The summed E-state index contributed by atoms with van der Waals surface area (Å²) in [5, 5.41) is 0. The second kappa shape index (κ2) is 19.4. The van der Waals surface area contributed by atoms with Crippen LogP contribution in [0.2, 0.25) is 0 Å². The minimum Gasteiger partial charge on any atom is -0.462 e. The van der Waals surface area contributed by atoms with Gasteiger partial charge in [-0.25, -0.2) is 4.79 Å². The topological polar surface area (TPSA) is 26.3 Å². The van der Waals surface area contributed by atoms with Crippen LogP contribution in [0.5, 0.6) is 0 Å². The number of allylic oxidation sites excluding steroid dienone is 1. The first-order valence-electron chi connectivity index (χ1n) is 12.7. The number of ether oxygens (including phenoxy) is 1. The summed E-state index contributed by atoms with van der Waals surface area (Å²) >= 11 is 0. The molecule has 0 spiro atoms. The zero-order valence-corrected chi connectivity index (χ0v) is 19.8. The molecule has 2 nitrogen and oxygen atoms in total. The Morgan fingerprint density at radius 1 is 0.733 bits per heavy atom. The summed E-state index contributed by atoms with van der Waals surface area (Å²) in [6, 6.07) is 9.30. The van der Waals surface area contributed by atoms with Gasteiger partial charge in [0.15, 0.2) is 0 Å². The quantitative estimate of drug-likeness (QED) is 0.128. The van der Waals surface area contributed by atoms with Gasteiger partial charge in [0.2, 0.25) is 0 Å². The number of rotatable bonds is 19. The largest absolute Gasteiger partial charge is 0.462 e. The Labute approximate surface area is 186 Å². The molecule has 0 bridgehead atoms. The highest BCUT2D eigenvalue weighted by molar-refractivity contribution is 5.89. The Balaban J connectivity index is 2.31. The number of esters is 1. The number of carbonyl (C=O) groups excluding carboxylic acids is 1. The van der Waals surface area contributed by atoms with Crippen molar-refractivity contribution in [3.8, 4) is 0 Å². The molecule has 0 saturated carbocycles. The Kier molecular flexibility index (Phi) is 17.1. The van der Waals surface area contributed by atoms with E-state index in [2.05, 4.69) is 19.9 Å². The summed E-state index contributed by atoms with van der Waals surface area (Å²) in [7, 11) is 0. The predicted molar refractivity (Wildman–Crippen MR) is 130 cm³/mol. The summed E-state index contributed by atoms with van der Waals surface area (Å²) in [6.07, 6.45) is 23.1. The molecule has 1 aromatic rings.